The maximum absolute atomic E-state index is 13.0. The van der Waals surface area contributed by atoms with Crippen LogP contribution in [0.3, 0.4) is 0 Å². The number of halogens is 1. The minimum atomic E-state index is -3.71. The van der Waals surface area contributed by atoms with Crippen LogP contribution in [0.15, 0.2) is 82.4 Å². The van der Waals surface area contributed by atoms with Gasteiger partial charge in [-0.15, -0.1) is 0 Å². The summed E-state index contributed by atoms with van der Waals surface area (Å²) >= 11 is 3.34. The van der Waals surface area contributed by atoms with Gasteiger partial charge in [-0.05, 0) is 47.9 Å². The van der Waals surface area contributed by atoms with Crippen molar-refractivity contribution in [3.8, 4) is 0 Å². The van der Waals surface area contributed by atoms with Gasteiger partial charge in [0.05, 0.1) is 10.9 Å². The predicted octanol–water partition coefficient (Wildman–Crippen LogP) is 4.22. The summed E-state index contributed by atoms with van der Waals surface area (Å²) in [4.78, 5) is 4.28. The molecule has 0 aliphatic rings. The van der Waals surface area contributed by atoms with Crippen LogP contribution in [0.25, 0.3) is 0 Å². The van der Waals surface area contributed by atoms with Crippen molar-refractivity contribution in [2.45, 2.75) is 17.9 Å². The smallest absolute Gasteiger partial charge is 0.241 e. The quantitative estimate of drug-likeness (QED) is 0.676. The molecule has 1 heterocycles. The lowest BCUT2D eigenvalue weighted by Gasteiger charge is -2.20. The first kappa shape index (κ1) is 17.8. The summed E-state index contributed by atoms with van der Waals surface area (Å²) in [5.74, 6) is 0. The van der Waals surface area contributed by atoms with Crippen molar-refractivity contribution in [1.29, 1.82) is 0 Å². The third-order valence-corrected chi connectivity index (χ3v) is 5.94. The molecule has 0 aliphatic carbocycles. The molecule has 0 radical (unpaired) electrons. The number of nitrogens with one attached hydrogen (secondary N) is 1. The summed E-state index contributed by atoms with van der Waals surface area (Å²) in [6.07, 6.45) is 3.31. The number of rotatable bonds is 5. The fourth-order valence-corrected chi connectivity index (χ4v) is 4.61. The zero-order chi connectivity index (χ0) is 17.9. The Balaban J connectivity index is 2.05. The molecule has 1 N–H and O–H groups in total. The molecule has 0 fully saturated rings. The van der Waals surface area contributed by atoms with Crippen LogP contribution in [0.2, 0.25) is 0 Å². The zero-order valence-corrected chi connectivity index (χ0v) is 16.0. The van der Waals surface area contributed by atoms with Gasteiger partial charge in [0.25, 0.3) is 0 Å². The first-order valence-corrected chi connectivity index (χ1v) is 9.98. The second-order valence-corrected chi connectivity index (χ2v) is 8.25. The first-order valence-electron chi connectivity index (χ1n) is 7.71. The summed E-state index contributed by atoms with van der Waals surface area (Å²) in [6, 6.07) is 17.9. The van der Waals surface area contributed by atoms with Crippen LogP contribution in [0.1, 0.15) is 22.7 Å². The number of pyridine rings is 1. The van der Waals surface area contributed by atoms with Gasteiger partial charge in [0.15, 0.2) is 0 Å². The standard InChI is InChI=1S/C19H17BrN2O2S/c1-14-7-8-17(20)13-18(14)25(23,24)22-19(15-5-3-2-4-6-15)16-9-11-21-12-10-16/h2-13,19,22H,1H3. The van der Waals surface area contributed by atoms with E-state index in [9.17, 15) is 8.42 Å². The van der Waals surface area contributed by atoms with Gasteiger partial charge in [0.2, 0.25) is 10.0 Å². The molecule has 0 saturated heterocycles. The van der Waals surface area contributed by atoms with Crippen LogP contribution in [-0.4, -0.2) is 13.4 Å². The van der Waals surface area contributed by atoms with Gasteiger partial charge in [-0.25, -0.2) is 8.42 Å². The Morgan fingerprint density at radius 1 is 0.960 bits per heavy atom. The second kappa shape index (κ2) is 7.47. The lowest BCUT2D eigenvalue weighted by Crippen LogP contribution is -2.30. The monoisotopic (exact) mass is 416 g/mol. The second-order valence-electron chi connectivity index (χ2n) is 5.66. The average Bonchev–Trinajstić information content (AvgIpc) is 2.63. The number of sulfonamides is 1. The third kappa shape index (κ3) is 4.15. The Morgan fingerprint density at radius 2 is 1.60 bits per heavy atom. The summed E-state index contributed by atoms with van der Waals surface area (Å²) in [5.41, 5.74) is 2.39. The van der Waals surface area contributed by atoms with Crippen LogP contribution in [0.5, 0.6) is 0 Å². The molecule has 0 amide bonds. The lowest BCUT2D eigenvalue weighted by molar-refractivity contribution is 0.571. The number of hydrogen-bond donors (Lipinski definition) is 1. The highest BCUT2D eigenvalue weighted by Crippen LogP contribution is 2.26. The number of hydrogen-bond acceptors (Lipinski definition) is 3. The Kier molecular flexibility index (Phi) is 5.32. The van der Waals surface area contributed by atoms with Crippen molar-refractivity contribution in [2.75, 3.05) is 0 Å². The van der Waals surface area contributed by atoms with Gasteiger partial charge in [-0.2, -0.15) is 4.72 Å². The van der Waals surface area contributed by atoms with E-state index in [0.29, 0.717) is 5.56 Å². The Bertz CT molecular complexity index is 922. The van der Waals surface area contributed by atoms with E-state index in [1.54, 1.807) is 31.5 Å². The molecule has 3 aromatic rings. The van der Waals surface area contributed by atoms with Crippen molar-refractivity contribution >= 4 is 26.0 Å². The van der Waals surface area contributed by atoms with Crippen LogP contribution < -0.4 is 4.72 Å². The molecular weight excluding hydrogens is 400 g/mol. The minimum Gasteiger partial charge on any atom is -0.265 e. The van der Waals surface area contributed by atoms with E-state index in [0.717, 1.165) is 15.6 Å². The van der Waals surface area contributed by atoms with Crippen LogP contribution >= 0.6 is 15.9 Å². The molecule has 0 bridgehead atoms. The molecule has 128 valence electrons. The van der Waals surface area contributed by atoms with Gasteiger partial charge in [-0.1, -0.05) is 52.3 Å². The van der Waals surface area contributed by atoms with Crippen LogP contribution in [0, 0.1) is 6.92 Å². The normalized spacial score (nSPS) is 12.7. The largest absolute Gasteiger partial charge is 0.265 e. The molecule has 3 rings (SSSR count). The predicted molar refractivity (Wildman–Crippen MR) is 102 cm³/mol. The number of benzene rings is 2. The molecule has 4 nitrogen and oxygen atoms in total. The maximum atomic E-state index is 13.0. The average molecular weight is 417 g/mol. The topological polar surface area (TPSA) is 59.1 Å². The SMILES string of the molecule is Cc1ccc(Br)cc1S(=O)(=O)NC(c1ccccc1)c1ccncc1. The summed E-state index contributed by atoms with van der Waals surface area (Å²) in [5, 5.41) is 0. The fourth-order valence-electron chi connectivity index (χ4n) is 2.61. The van der Waals surface area contributed by atoms with Gasteiger partial charge in [0.1, 0.15) is 0 Å². The van der Waals surface area contributed by atoms with Crippen molar-refractivity contribution in [3.63, 3.8) is 0 Å². The van der Waals surface area contributed by atoms with Crippen LogP contribution in [-0.2, 0) is 10.0 Å². The van der Waals surface area contributed by atoms with E-state index < -0.39 is 16.1 Å². The van der Waals surface area contributed by atoms with Crippen molar-refractivity contribution < 1.29 is 8.42 Å². The van der Waals surface area contributed by atoms with E-state index in [1.165, 1.54) is 0 Å². The number of nitrogens with zero attached hydrogens (tertiary/aromatic N) is 1. The number of aromatic nitrogens is 1. The highest BCUT2D eigenvalue weighted by molar-refractivity contribution is 9.10. The molecule has 6 heteroatoms. The van der Waals surface area contributed by atoms with E-state index in [-0.39, 0.29) is 4.90 Å². The van der Waals surface area contributed by atoms with Gasteiger partial charge >= 0.3 is 0 Å². The molecule has 0 saturated carbocycles. The van der Waals surface area contributed by atoms with Gasteiger partial charge < -0.3 is 0 Å². The van der Waals surface area contributed by atoms with Gasteiger partial charge in [-0.3, -0.25) is 4.98 Å². The van der Waals surface area contributed by atoms with E-state index >= 15 is 0 Å². The van der Waals surface area contributed by atoms with E-state index in [4.69, 9.17) is 0 Å². The van der Waals surface area contributed by atoms with Crippen molar-refractivity contribution in [1.82, 2.24) is 9.71 Å². The molecule has 1 aromatic heterocycles. The van der Waals surface area contributed by atoms with Crippen molar-refractivity contribution in [3.05, 3.63) is 94.2 Å². The Hall–Kier alpha value is -2.02. The molecule has 1 atom stereocenters. The lowest BCUT2D eigenvalue weighted by atomic mass is 10.0. The maximum Gasteiger partial charge on any atom is 0.241 e. The molecule has 2 aromatic carbocycles. The Morgan fingerprint density at radius 3 is 2.28 bits per heavy atom. The molecular formula is C19H17BrN2O2S. The highest BCUT2D eigenvalue weighted by atomic mass is 79.9. The molecule has 0 spiro atoms. The number of aryl methyl sites for hydroxylation is 1. The third-order valence-electron chi connectivity index (χ3n) is 3.89. The van der Waals surface area contributed by atoms with E-state index in [1.807, 2.05) is 48.5 Å². The van der Waals surface area contributed by atoms with Crippen LogP contribution in [0.4, 0.5) is 0 Å². The molecule has 1 unspecified atom stereocenters. The summed E-state index contributed by atoms with van der Waals surface area (Å²) in [7, 11) is -3.71. The molecule has 25 heavy (non-hydrogen) atoms. The Labute approximate surface area is 156 Å². The van der Waals surface area contributed by atoms with Gasteiger partial charge in [0, 0.05) is 16.9 Å². The van der Waals surface area contributed by atoms with Crippen molar-refractivity contribution in [2.24, 2.45) is 0 Å². The molecule has 0 aliphatic heterocycles. The highest BCUT2D eigenvalue weighted by Gasteiger charge is 2.24. The minimum absolute atomic E-state index is 0.261. The zero-order valence-electron chi connectivity index (χ0n) is 13.6. The van der Waals surface area contributed by atoms with E-state index in [2.05, 4.69) is 25.6 Å². The summed E-state index contributed by atoms with van der Waals surface area (Å²) < 4.78 is 29.6. The summed E-state index contributed by atoms with van der Waals surface area (Å²) in [6.45, 7) is 1.78. The first-order chi connectivity index (χ1) is 12.0. The fraction of sp³-hybridized carbons (Fsp3) is 0.105.